The van der Waals surface area contributed by atoms with Crippen molar-refractivity contribution < 1.29 is 14.3 Å². The van der Waals surface area contributed by atoms with Crippen LogP contribution in [0.15, 0.2) is 46.9 Å². The number of carbonyl (C=O) groups is 1. The zero-order valence-corrected chi connectivity index (χ0v) is 11.4. The smallest absolute Gasteiger partial charge is 0.228 e. The van der Waals surface area contributed by atoms with Gasteiger partial charge >= 0.3 is 0 Å². The summed E-state index contributed by atoms with van der Waals surface area (Å²) in [6, 6.07) is 10.6. The molecule has 5 heteroatoms. The quantitative estimate of drug-likeness (QED) is 0.908. The number of rotatable bonds is 3. The van der Waals surface area contributed by atoms with Crippen molar-refractivity contribution in [3.8, 4) is 5.75 Å². The molecular weight excluding hydrogens is 313 g/mol. The summed E-state index contributed by atoms with van der Waals surface area (Å²) in [5.74, 6) is -0.690. The molecule has 2 aromatic rings. The van der Waals surface area contributed by atoms with Crippen molar-refractivity contribution in [1.29, 1.82) is 0 Å². The first kappa shape index (κ1) is 13.5. The predicted octanol–water partition coefficient (Wildman–Crippen LogP) is 3.48. The lowest BCUT2D eigenvalue weighted by Crippen LogP contribution is -2.15. The van der Waals surface area contributed by atoms with Crippen molar-refractivity contribution in [2.75, 3.05) is 5.32 Å². The van der Waals surface area contributed by atoms with Crippen LogP contribution in [0.5, 0.6) is 5.75 Å². The fraction of sp³-hybridized carbons (Fsp3) is 0.0714. The molecule has 3 nitrogen and oxygen atoms in total. The topological polar surface area (TPSA) is 49.3 Å². The van der Waals surface area contributed by atoms with E-state index in [0.29, 0.717) is 15.7 Å². The Morgan fingerprint density at radius 2 is 2.00 bits per heavy atom. The molecule has 0 aliphatic heterocycles. The average molecular weight is 324 g/mol. The number of anilines is 1. The highest BCUT2D eigenvalue weighted by Gasteiger charge is 2.09. The molecule has 0 saturated heterocycles. The Morgan fingerprint density at radius 1 is 1.26 bits per heavy atom. The van der Waals surface area contributed by atoms with Crippen LogP contribution in [0.3, 0.4) is 0 Å². The second-order valence-corrected chi connectivity index (χ2v) is 4.83. The molecule has 98 valence electrons. The van der Waals surface area contributed by atoms with Gasteiger partial charge in [-0.2, -0.15) is 0 Å². The Bertz CT molecular complexity index is 616. The van der Waals surface area contributed by atoms with Crippen molar-refractivity contribution >= 4 is 27.5 Å². The van der Waals surface area contributed by atoms with Gasteiger partial charge in [-0.3, -0.25) is 4.79 Å². The third kappa shape index (κ3) is 3.54. The van der Waals surface area contributed by atoms with Gasteiger partial charge in [-0.25, -0.2) is 4.39 Å². The van der Waals surface area contributed by atoms with Crippen LogP contribution in [-0.2, 0) is 11.2 Å². The number of hydrogen-bond acceptors (Lipinski definition) is 2. The second-order valence-electron chi connectivity index (χ2n) is 3.98. The Kier molecular flexibility index (Phi) is 4.16. The van der Waals surface area contributed by atoms with E-state index in [2.05, 4.69) is 21.2 Å². The molecule has 0 aromatic heterocycles. The average Bonchev–Trinajstić information content (AvgIpc) is 2.37. The Labute approximate surface area is 118 Å². The molecule has 0 atom stereocenters. The van der Waals surface area contributed by atoms with Crippen LogP contribution in [0.4, 0.5) is 10.1 Å². The number of phenols is 1. The van der Waals surface area contributed by atoms with Crippen LogP contribution in [-0.4, -0.2) is 11.0 Å². The van der Waals surface area contributed by atoms with Crippen molar-refractivity contribution in [2.45, 2.75) is 6.42 Å². The number of hydrogen-bond donors (Lipinski definition) is 2. The van der Waals surface area contributed by atoms with E-state index >= 15 is 0 Å². The van der Waals surface area contributed by atoms with Crippen molar-refractivity contribution in [3.05, 3.63) is 58.3 Å². The molecule has 0 unspecified atom stereocenters. The minimum atomic E-state index is -0.430. The van der Waals surface area contributed by atoms with Crippen molar-refractivity contribution in [1.82, 2.24) is 0 Å². The van der Waals surface area contributed by atoms with Crippen LogP contribution in [0.25, 0.3) is 0 Å². The second kappa shape index (κ2) is 5.84. The minimum absolute atomic E-state index is 0.0234. The molecule has 0 spiro atoms. The number of aromatic hydroxyl groups is 1. The maximum atomic E-state index is 13.1. The van der Waals surface area contributed by atoms with Gasteiger partial charge in [-0.15, -0.1) is 0 Å². The Hall–Kier alpha value is -1.88. The summed E-state index contributed by atoms with van der Waals surface area (Å²) in [6.45, 7) is 0. The molecule has 0 aliphatic rings. The normalized spacial score (nSPS) is 10.2. The van der Waals surface area contributed by atoms with Gasteiger partial charge in [0.2, 0.25) is 5.91 Å². The summed E-state index contributed by atoms with van der Waals surface area (Å²) in [5.41, 5.74) is 0.882. The molecular formula is C14H11BrFNO2. The SMILES string of the molecule is O=C(Cc1ccccc1O)Nc1cc(F)ccc1Br. The van der Waals surface area contributed by atoms with Gasteiger partial charge in [0.05, 0.1) is 12.1 Å². The van der Waals surface area contributed by atoms with Gasteiger partial charge in [-0.1, -0.05) is 18.2 Å². The zero-order chi connectivity index (χ0) is 13.8. The van der Waals surface area contributed by atoms with E-state index < -0.39 is 5.82 Å². The van der Waals surface area contributed by atoms with Crippen LogP contribution < -0.4 is 5.32 Å². The summed E-state index contributed by atoms with van der Waals surface area (Å²) in [4.78, 5) is 11.8. The lowest BCUT2D eigenvalue weighted by Gasteiger charge is -2.08. The third-order valence-corrected chi connectivity index (χ3v) is 3.24. The van der Waals surface area contributed by atoms with Gasteiger partial charge < -0.3 is 10.4 Å². The molecule has 2 N–H and O–H groups in total. The summed E-state index contributed by atoms with van der Waals surface area (Å²) in [6.07, 6.45) is 0.0234. The van der Waals surface area contributed by atoms with E-state index in [1.54, 1.807) is 18.2 Å². The molecule has 0 fully saturated rings. The van der Waals surface area contributed by atoms with E-state index in [0.717, 1.165) is 0 Å². The summed E-state index contributed by atoms with van der Waals surface area (Å²) < 4.78 is 13.7. The number of nitrogens with one attached hydrogen (secondary N) is 1. The monoisotopic (exact) mass is 323 g/mol. The standard InChI is InChI=1S/C14H11BrFNO2/c15-11-6-5-10(16)8-12(11)17-14(19)7-9-3-1-2-4-13(9)18/h1-6,8,18H,7H2,(H,17,19). The lowest BCUT2D eigenvalue weighted by molar-refractivity contribution is -0.115. The van der Waals surface area contributed by atoms with Crippen molar-refractivity contribution in [2.24, 2.45) is 0 Å². The van der Waals surface area contributed by atoms with Gasteiger partial charge in [0.1, 0.15) is 11.6 Å². The molecule has 0 heterocycles. The maximum absolute atomic E-state index is 13.1. The fourth-order valence-corrected chi connectivity index (χ4v) is 1.97. The first-order chi connectivity index (χ1) is 9.06. The van der Waals surface area contributed by atoms with Crippen LogP contribution >= 0.6 is 15.9 Å². The van der Waals surface area contributed by atoms with E-state index in [4.69, 9.17) is 0 Å². The first-order valence-electron chi connectivity index (χ1n) is 5.58. The van der Waals surface area contributed by atoms with E-state index in [9.17, 15) is 14.3 Å². The highest BCUT2D eigenvalue weighted by Crippen LogP contribution is 2.24. The lowest BCUT2D eigenvalue weighted by atomic mass is 10.1. The highest BCUT2D eigenvalue weighted by atomic mass is 79.9. The number of benzene rings is 2. The van der Waals surface area contributed by atoms with Gasteiger partial charge in [0, 0.05) is 10.0 Å². The van der Waals surface area contributed by atoms with Crippen LogP contribution in [0, 0.1) is 5.82 Å². The van der Waals surface area contributed by atoms with E-state index in [1.165, 1.54) is 24.3 Å². The third-order valence-electron chi connectivity index (χ3n) is 2.55. The molecule has 0 radical (unpaired) electrons. The molecule has 0 aliphatic carbocycles. The number of carbonyl (C=O) groups excluding carboxylic acids is 1. The minimum Gasteiger partial charge on any atom is -0.508 e. The number of amides is 1. The van der Waals surface area contributed by atoms with E-state index in [1.807, 2.05) is 0 Å². The largest absolute Gasteiger partial charge is 0.508 e. The fourth-order valence-electron chi connectivity index (χ4n) is 1.62. The maximum Gasteiger partial charge on any atom is 0.228 e. The molecule has 19 heavy (non-hydrogen) atoms. The molecule has 2 aromatic carbocycles. The first-order valence-corrected chi connectivity index (χ1v) is 6.37. The number of phenolic OH excluding ortho intramolecular Hbond substituents is 1. The van der Waals surface area contributed by atoms with Gasteiger partial charge in [0.25, 0.3) is 0 Å². The highest BCUT2D eigenvalue weighted by molar-refractivity contribution is 9.10. The predicted molar refractivity (Wildman–Crippen MR) is 74.5 cm³/mol. The van der Waals surface area contributed by atoms with Crippen molar-refractivity contribution in [3.63, 3.8) is 0 Å². The van der Waals surface area contributed by atoms with Crippen LogP contribution in [0.1, 0.15) is 5.56 Å². The Morgan fingerprint density at radius 3 is 2.74 bits per heavy atom. The van der Waals surface area contributed by atoms with Gasteiger partial charge in [-0.05, 0) is 40.2 Å². The van der Waals surface area contributed by atoms with Crippen LogP contribution in [0.2, 0.25) is 0 Å². The summed E-state index contributed by atoms with van der Waals surface area (Å²) in [5, 5.41) is 12.2. The van der Waals surface area contributed by atoms with E-state index in [-0.39, 0.29) is 18.1 Å². The number of halogens is 2. The Balaban J connectivity index is 2.10. The zero-order valence-electron chi connectivity index (χ0n) is 9.86. The summed E-state index contributed by atoms with van der Waals surface area (Å²) >= 11 is 3.23. The molecule has 2 rings (SSSR count). The summed E-state index contributed by atoms with van der Waals surface area (Å²) in [7, 11) is 0. The number of para-hydroxylation sites is 1. The molecule has 0 saturated carbocycles. The molecule has 1 amide bonds. The van der Waals surface area contributed by atoms with Gasteiger partial charge in [0.15, 0.2) is 0 Å². The molecule has 0 bridgehead atoms.